The van der Waals surface area contributed by atoms with Crippen molar-refractivity contribution in [3.05, 3.63) is 29.3 Å². The standard InChI is InChI=1S/C13H16F3NO.ClH/c1-18-12-8-10(13(14,15)16)2-3-11(12)9-4-6-17-7-5-9;/h2-3,8-9,17H,4-7H2,1H3;1H. The van der Waals surface area contributed by atoms with Crippen LogP contribution in [0.2, 0.25) is 0 Å². The van der Waals surface area contributed by atoms with E-state index in [2.05, 4.69) is 5.32 Å². The molecule has 108 valence electrons. The number of hydrogen-bond donors (Lipinski definition) is 1. The summed E-state index contributed by atoms with van der Waals surface area (Å²) < 4.78 is 43.0. The predicted molar refractivity (Wildman–Crippen MR) is 70.1 cm³/mol. The molecule has 1 aromatic rings. The van der Waals surface area contributed by atoms with Gasteiger partial charge in [0.2, 0.25) is 0 Å². The Labute approximate surface area is 116 Å². The first kappa shape index (κ1) is 16.1. The fraction of sp³-hybridized carbons (Fsp3) is 0.538. The van der Waals surface area contributed by atoms with Crippen molar-refractivity contribution in [3.8, 4) is 5.75 Å². The summed E-state index contributed by atoms with van der Waals surface area (Å²) in [7, 11) is 1.42. The van der Waals surface area contributed by atoms with E-state index in [0.29, 0.717) is 5.75 Å². The maximum atomic E-state index is 12.6. The number of halogens is 4. The van der Waals surface area contributed by atoms with Gasteiger partial charge < -0.3 is 10.1 Å². The van der Waals surface area contributed by atoms with Crippen LogP contribution in [0.3, 0.4) is 0 Å². The molecule has 0 atom stereocenters. The molecular formula is C13H17ClF3NO. The quantitative estimate of drug-likeness (QED) is 0.900. The van der Waals surface area contributed by atoms with Gasteiger partial charge in [-0.2, -0.15) is 13.2 Å². The third-order valence-electron chi connectivity index (χ3n) is 3.34. The van der Waals surface area contributed by atoms with Crippen LogP contribution in [-0.4, -0.2) is 20.2 Å². The van der Waals surface area contributed by atoms with Crippen LogP contribution >= 0.6 is 12.4 Å². The molecule has 0 amide bonds. The number of nitrogens with one attached hydrogen (secondary N) is 1. The van der Waals surface area contributed by atoms with Gasteiger partial charge in [-0.1, -0.05) is 6.07 Å². The van der Waals surface area contributed by atoms with Crippen molar-refractivity contribution < 1.29 is 17.9 Å². The third kappa shape index (κ3) is 3.76. The lowest BCUT2D eigenvalue weighted by atomic mass is 9.89. The third-order valence-corrected chi connectivity index (χ3v) is 3.34. The zero-order chi connectivity index (χ0) is 13.2. The Balaban J connectivity index is 0.00000180. The van der Waals surface area contributed by atoms with Gasteiger partial charge in [0.05, 0.1) is 12.7 Å². The number of methoxy groups -OCH3 is 1. The molecule has 0 aliphatic carbocycles. The molecule has 0 saturated carbocycles. The zero-order valence-electron chi connectivity index (χ0n) is 10.6. The summed E-state index contributed by atoms with van der Waals surface area (Å²) >= 11 is 0. The van der Waals surface area contributed by atoms with Gasteiger partial charge in [0.1, 0.15) is 5.75 Å². The van der Waals surface area contributed by atoms with Crippen LogP contribution < -0.4 is 10.1 Å². The lowest BCUT2D eigenvalue weighted by Crippen LogP contribution is -2.26. The topological polar surface area (TPSA) is 21.3 Å². The van der Waals surface area contributed by atoms with Gasteiger partial charge in [-0.25, -0.2) is 0 Å². The molecule has 19 heavy (non-hydrogen) atoms. The molecule has 6 heteroatoms. The molecule has 1 saturated heterocycles. The average molecular weight is 296 g/mol. The van der Waals surface area contributed by atoms with Crippen LogP contribution in [0.1, 0.15) is 29.9 Å². The number of hydrogen-bond acceptors (Lipinski definition) is 2. The predicted octanol–water partition coefficient (Wildman–Crippen LogP) is 3.60. The van der Waals surface area contributed by atoms with Crippen LogP contribution in [-0.2, 0) is 6.18 Å². The van der Waals surface area contributed by atoms with Gasteiger partial charge >= 0.3 is 6.18 Å². The molecule has 1 N–H and O–H groups in total. The molecule has 1 aliphatic heterocycles. The lowest BCUT2D eigenvalue weighted by molar-refractivity contribution is -0.137. The highest BCUT2D eigenvalue weighted by Gasteiger charge is 2.32. The summed E-state index contributed by atoms with van der Waals surface area (Å²) in [5.74, 6) is 0.625. The van der Waals surface area contributed by atoms with Crippen LogP contribution in [0, 0.1) is 0 Å². The molecule has 1 heterocycles. The maximum absolute atomic E-state index is 12.6. The van der Waals surface area contributed by atoms with Crippen LogP contribution in [0.15, 0.2) is 18.2 Å². The van der Waals surface area contributed by atoms with Crippen molar-refractivity contribution in [2.24, 2.45) is 0 Å². The van der Waals surface area contributed by atoms with Crippen molar-refractivity contribution in [3.63, 3.8) is 0 Å². The fourth-order valence-corrected chi connectivity index (χ4v) is 2.36. The maximum Gasteiger partial charge on any atom is 0.416 e. The van der Waals surface area contributed by atoms with E-state index in [-0.39, 0.29) is 18.3 Å². The number of ether oxygens (including phenoxy) is 1. The Kier molecular flexibility index (Phi) is 5.50. The Bertz CT molecular complexity index is 417. The summed E-state index contributed by atoms with van der Waals surface area (Å²) in [5.41, 5.74) is 0.226. The van der Waals surface area contributed by atoms with Gasteiger partial charge in [-0.15, -0.1) is 12.4 Å². The highest BCUT2D eigenvalue weighted by molar-refractivity contribution is 5.85. The smallest absolute Gasteiger partial charge is 0.416 e. The highest BCUT2D eigenvalue weighted by atomic mass is 35.5. The van der Waals surface area contributed by atoms with E-state index < -0.39 is 11.7 Å². The van der Waals surface area contributed by atoms with Crippen LogP contribution in [0.4, 0.5) is 13.2 Å². The summed E-state index contributed by atoms with van der Waals surface area (Å²) in [6.07, 6.45) is -2.45. The molecule has 1 aromatic carbocycles. The molecule has 2 rings (SSSR count). The van der Waals surface area contributed by atoms with Crippen molar-refractivity contribution in [1.29, 1.82) is 0 Å². The van der Waals surface area contributed by atoms with E-state index >= 15 is 0 Å². The average Bonchev–Trinajstić information content (AvgIpc) is 2.38. The van der Waals surface area contributed by atoms with E-state index in [1.165, 1.54) is 7.11 Å². The van der Waals surface area contributed by atoms with Crippen molar-refractivity contribution in [2.45, 2.75) is 24.9 Å². The highest BCUT2D eigenvalue weighted by Crippen LogP contribution is 2.37. The number of benzene rings is 1. The first-order chi connectivity index (χ1) is 8.52. The van der Waals surface area contributed by atoms with Crippen molar-refractivity contribution >= 4 is 12.4 Å². The van der Waals surface area contributed by atoms with E-state index in [9.17, 15) is 13.2 Å². The Morgan fingerprint density at radius 2 is 1.84 bits per heavy atom. The zero-order valence-corrected chi connectivity index (χ0v) is 11.4. The van der Waals surface area contributed by atoms with Crippen LogP contribution in [0.25, 0.3) is 0 Å². The monoisotopic (exact) mass is 295 g/mol. The lowest BCUT2D eigenvalue weighted by Gasteiger charge is -2.25. The summed E-state index contributed by atoms with van der Waals surface area (Å²) in [6, 6.07) is 3.79. The Morgan fingerprint density at radius 3 is 2.37 bits per heavy atom. The second-order valence-corrected chi connectivity index (χ2v) is 4.48. The number of rotatable bonds is 2. The van der Waals surface area contributed by atoms with E-state index in [0.717, 1.165) is 43.6 Å². The van der Waals surface area contributed by atoms with E-state index in [4.69, 9.17) is 4.74 Å². The normalized spacial score (nSPS) is 16.8. The molecular weight excluding hydrogens is 279 g/mol. The van der Waals surface area contributed by atoms with Crippen molar-refractivity contribution in [2.75, 3.05) is 20.2 Å². The molecule has 1 aliphatic rings. The molecule has 0 spiro atoms. The minimum absolute atomic E-state index is 0. The molecule has 2 nitrogen and oxygen atoms in total. The second kappa shape index (κ2) is 6.48. The summed E-state index contributed by atoms with van der Waals surface area (Å²) in [5, 5.41) is 3.24. The number of piperidine rings is 1. The van der Waals surface area contributed by atoms with Gasteiger partial charge in [-0.3, -0.25) is 0 Å². The first-order valence-corrected chi connectivity index (χ1v) is 5.98. The first-order valence-electron chi connectivity index (χ1n) is 5.98. The van der Waals surface area contributed by atoms with Gasteiger partial charge in [0.15, 0.2) is 0 Å². The SMILES string of the molecule is COc1cc(C(F)(F)F)ccc1C1CCNCC1.Cl. The molecule has 0 radical (unpaired) electrons. The van der Waals surface area contributed by atoms with Gasteiger partial charge in [0, 0.05) is 0 Å². The van der Waals surface area contributed by atoms with Gasteiger partial charge in [0.25, 0.3) is 0 Å². The van der Waals surface area contributed by atoms with E-state index in [1.54, 1.807) is 6.07 Å². The van der Waals surface area contributed by atoms with Crippen LogP contribution in [0.5, 0.6) is 5.75 Å². The fourth-order valence-electron chi connectivity index (χ4n) is 2.36. The minimum Gasteiger partial charge on any atom is -0.496 e. The van der Waals surface area contributed by atoms with Crippen molar-refractivity contribution in [1.82, 2.24) is 5.32 Å². The number of alkyl halides is 3. The molecule has 0 unspecified atom stereocenters. The molecule has 1 fully saturated rings. The summed E-state index contributed by atoms with van der Waals surface area (Å²) in [6.45, 7) is 1.80. The molecule has 0 bridgehead atoms. The second-order valence-electron chi connectivity index (χ2n) is 4.48. The minimum atomic E-state index is -4.32. The summed E-state index contributed by atoms with van der Waals surface area (Å²) in [4.78, 5) is 0. The van der Waals surface area contributed by atoms with Gasteiger partial charge in [-0.05, 0) is 49.5 Å². The Hall–Kier alpha value is -0.940. The van der Waals surface area contributed by atoms with E-state index in [1.807, 2.05) is 0 Å². The Morgan fingerprint density at radius 1 is 1.21 bits per heavy atom. The molecule has 0 aromatic heterocycles. The largest absolute Gasteiger partial charge is 0.496 e.